The second-order valence-electron chi connectivity index (χ2n) is 18.0. The van der Waals surface area contributed by atoms with E-state index in [4.69, 9.17) is 14.2 Å². The van der Waals surface area contributed by atoms with E-state index >= 15 is 0 Å². The summed E-state index contributed by atoms with van der Waals surface area (Å²) in [6, 6.07) is -0.739. The number of esters is 2. The van der Waals surface area contributed by atoms with Gasteiger partial charge in [0.2, 0.25) is 0 Å². The Kier molecular flexibility index (Phi) is 43.5. The first kappa shape index (κ1) is 60.5. The minimum absolute atomic E-state index is 0.0156. The monoisotopic (exact) mass is 894 g/mol. The predicted molar refractivity (Wildman–Crippen MR) is 268 cm³/mol. The van der Waals surface area contributed by atoms with Crippen molar-refractivity contribution in [3.8, 4) is 0 Å². The van der Waals surface area contributed by atoms with Crippen LogP contribution in [-0.4, -0.2) is 75.5 Å². The number of unbranched alkanes of at least 4 members (excludes halogenated alkanes) is 17. The smallest absolute Gasteiger partial charge is 0.306 e. The topological polar surface area (TPSA) is 102 Å². The lowest BCUT2D eigenvalue weighted by Gasteiger charge is -2.34. The minimum atomic E-state index is -1.14. The van der Waals surface area contributed by atoms with E-state index in [2.05, 4.69) is 98.9 Å². The summed E-state index contributed by atoms with van der Waals surface area (Å²) >= 11 is 0. The molecule has 0 N–H and O–H groups in total. The van der Waals surface area contributed by atoms with Crippen LogP contribution in [0.5, 0.6) is 0 Å². The SMILES string of the molecule is CC/C=C/C/C=C/C/C=C/C/C=C/CCCCCCCCCCCCC(=O)OCC(COCCC(C(=O)[O-])[N+](C)(C)C)OC(=O)CCC/C=C/C/C=C/C/C=C/CCCCCCCC. The van der Waals surface area contributed by atoms with E-state index in [0.29, 0.717) is 12.8 Å². The molecule has 0 heterocycles. The summed E-state index contributed by atoms with van der Waals surface area (Å²) in [6.07, 6.45) is 60.5. The Morgan fingerprint density at radius 2 is 0.891 bits per heavy atom. The first-order valence-electron chi connectivity index (χ1n) is 25.6. The van der Waals surface area contributed by atoms with E-state index in [1.54, 1.807) is 21.1 Å². The molecule has 0 aliphatic rings. The first-order valence-corrected chi connectivity index (χ1v) is 25.6. The molecule has 0 spiro atoms. The zero-order chi connectivity index (χ0) is 47.0. The van der Waals surface area contributed by atoms with E-state index in [0.717, 1.165) is 64.2 Å². The Hall–Kier alpha value is -3.49. The molecule has 0 aromatic rings. The fraction of sp³-hybridized carbons (Fsp3) is 0.696. The molecule has 366 valence electrons. The molecule has 2 atom stereocenters. The molecule has 0 aromatic carbocycles. The highest BCUT2D eigenvalue weighted by atomic mass is 16.6. The van der Waals surface area contributed by atoms with Gasteiger partial charge in [0.15, 0.2) is 6.10 Å². The molecule has 0 fully saturated rings. The quantitative estimate of drug-likeness (QED) is 0.0260. The summed E-state index contributed by atoms with van der Waals surface area (Å²) in [5, 5.41) is 11.7. The molecule has 0 rings (SSSR count). The van der Waals surface area contributed by atoms with E-state index in [1.807, 2.05) is 0 Å². The molecule has 0 aromatic heterocycles. The van der Waals surface area contributed by atoms with Gasteiger partial charge in [-0.05, 0) is 83.5 Å². The highest BCUT2D eigenvalue weighted by Gasteiger charge is 2.25. The Labute approximate surface area is 393 Å². The van der Waals surface area contributed by atoms with Gasteiger partial charge in [-0.15, -0.1) is 0 Å². The Morgan fingerprint density at radius 1 is 0.484 bits per heavy atom. The number of hydrogen-bond donors (Lipinski definition) is 0. The second-order valence-corrected chi connectivity index (χ2v) is 18.0. The van der Waals surface area contributed by atoms with Crippen molar-refractivity contribution in [1.29, 1.82) is 0 Å². The normalized spacial score (nSPS) is 13.6. The molecule has 0 aliphatic heterocycles. The van der Waals surface area contributed by atoms with Crippen LogP contribution in [0, 0.1) is 0 Å². The van der Waals surface area contributed by atoms with Crippen LogP contribution in [0.2, 0.25) is 0 Å². The average molecular weight is 894 g/mol. The van der Waals surface area contributed by atoms with Gasteiger partial charge in [-0.25, -0.2) is 0 Å². The average Bonchev–Trinajstić information content (AvgIpc) is 3.26. The van der Waals surface area contributed by atoms with Crippen molar-refractivity contribution in [2.75, 3.05) is 41.0 Å². The fourth-order valence-corrected chi connectivity index (χ4v) is 7.08. The third-order valence-electron chi connectivity index (χ3n) is 11.0. The van der Waals surface area contributed by atoms with E-state index in [9.17, 15) is 19.5 Å². The van der Waals surface area contributed by atoms with Gasteiger partial charge in [-0.1, -0.05) is 182 Å². The summed E-state index contributed by atoms with van der Waals surface area (Å²) in [6.45, 7) is 4.49. The number of allylic oxidation sites excluding steroid dienone is 14. The van der Waals surface area contributed by atoms with Gasteiger partial charge in [-0.2, -0.15) is 0 Å². The highest BCUT2D eigenvalue weighted by molar-refractivity contribution is 5.70. The van der Waals surface area contributed by atoms with E-state index in [1.165, 1.54) is 96.3 Å². The summed E-state index contributed by atoms with van der Waals surface area (Å²) in [4.78, 5) is 37.0. The van der Waals surface area contributed by atoms with Gasteiger partial charge >= 0.3 is 11.9 Å². The number of hydrogen-bond acceptors (Lipinski definition) is 7. The third kappa shape index (κ3) is 43.7. The third-order valence-corrected chi connectivity index (χ3v) is 11.0. The lowest BCUT2D eigenvalue weighted by Crippen LogP contribution is -2.55. The van der Waals surface area contributed by atoms with Gasteiger partial charge in [0.25, 0.3) is 0 Å². The van der Waals surface area contributed by atoms with Crippen LogP contribution in [0.4, 0.5) is 0 Å². The summed E-state index contributed by atoms with van der Waals surface area (Å²) in [7, 11) is 5.39. The molecular formula is C56H95NO7. The lowest BCUT2D eigenvalue weighted by atomic mass is 10.1. The van der Waals surface area contributed by atoms with Crippen LogP contribution in [0.25, 0.3) is 0 Å². The fourth-order valence-electron chi connectivity index (χ4n) is 7.08. The molecule has 0 saturated carbocycles. The van der Waals surface area contributed by atoms with Gasteiger partial charge in [0.1, 0.15) is 12.6 Å². The molecule has 64 heavy (non-hydrogen) atoms. The van der Waals surface area contributed by atoms with Gasteiger partial charge in [-0.3, -0.25) is 9.59 Å². The summed E-state index contributed by atoms with van der Waals surface area (Å²) in [5.74, 6) is -1.81. The molecule has 0 bridgehead atoms. The first-order chi connectivity index (χ1) is 31.1. The number of nitrogens with zero attached hydrogens (tertiary/aromatic N) is 1. The molecule has 0 aliphatic carbocycles. The summed E-state index contributed by atoms with van der Waals surface area (Å²) < 4.78 is 17.2. The molecule has 8 heteroatoms. The number of carbonyl (C=O) groups excluding carboxylic acids is 3. The predicted octanol–water partition coefficient (Wildman–Crippen LogP) is 13.5. The maximum Gasteiger partial charge on any atom is 0.306 e. The van der Waals surface area contributed by atoms with Crippen LogP contribution >= 0.6 is 0 Å². The van der Waals surface area contributed by atoms with Crippen molar-refractivity contribution in [3.05, 3.63) is 85.1 Å². The van der Waals surface area contributed by atoms with E-state index < -0.39 is 18.1 Å². The van der Waals surface area contributed by atoms with Crippen LogP contribution in [0.3, 0.4) is 0 Å². The summed E-state index contributed by atoms with van der Waals surface area (Å²) in [5.41, 5.74) is 0. The van der Waals surface area contributed by atoms with E-state index in [-0.39, 0.29) is 49.1 Å². The largest absolute Gasteiger partial charge is 0.544 e. The lowest BCUT2D eigenvalue weighted by molar-refractivity contribution is -0.889. The van der Waals surface area contributed by atoms with Gasteiger partial charge < -0.3 is 28.6 Å². The van der Waals surface area contributed by atoms with Crippen molar-refractivity contribution in [1.82, 2.24) is 0 Å². The van der Waals surface area contributed by atoms with Crippen LogP contribution in [0.1, 0.15) is 200 Å². The maximum atomic E-state index is 12.7. The van der Waals surface area contributed by atoms with Gasteiger partial charge in [0, 0.05) is 19.3 Å². The Bertz CT molecular complexity index is 1320. The number of ether oxygens (including phenoxy) is 3. The number of likely N-dealkylation sites (N-methyl/N-ethyl adjacent to an activating group) is 1. The Balaban J connectivity index is 4.31. The van der Waals surface area contributed by atoms with Crippen molar-refractivity contribution in [2.24, 2.45) is 0 Å². The Morgan fingerprint density at radius 3 is 1.34 bits per heavy atom. The number of rotatable bonds is 45. The zero-order valence-electron chi connectivity index (χ0n) is 41.7. The second kappa shape index (κ2) is 46.1. The van der Waals surface area contributed by atoms with Crippen LogP contribution in [-0.2, 0) is 28.6 Å². The number of carboxylic acids is 1. The molecule has 2 unspecified atom stereocenters. The number of aliphatic carboxylic acids is 1. The van der Waals surface area contributed by atoms with Crippen molar-refractivity contribution >= 4 is 17.9 Å². The highest BCUT2D eigenvalue weighted by Crippen LogP contribution is 2.14. The van der Waals surface area contributed by atoms with Crippen molar-refractivity contribution in [3.63, 3.8) is 0 Å². The maximum absolute atomic E-state index is 12.7. The molecule has 0 radical (unpaired) electrons. The number of carboxylic acid groups (broad SMARTS) is 1. The number of quaternary nitrogens is 1. The molecule has 0 amide bonds. The molecular weight excluding hydrogens is 799 g/mol. The zero-order valence-corrected chi connectivity index (χ0v) is 41.7. The standard InChI is InChI=1S/C56H95NO7/c1-6-8-10-12-14-16-18-20-22-24-25-26-27-28-29-31-32-34-36-38-40-42-44-46-54(58)63-51-52(50-62-49-48-53(56(60)61)57(3,4)5)64-55(59)47-45-43-41-39-37-35-33-30-23-21-19-17-15-13-11-9-7-2/h8,10,14,16,20-23,25-26,33,35,39,41,52-53H,6-7,9,11-13,15,17-19,24,27-32,34,36-38,40,42-51H2,1-5H3/b10-8+,16-14+,22-20+,23-21+,26-25+,35-33+,41-39+. The van der Waals surface area contributed by atoms with Crippen LogP contribution in [0.15, 0.2) is 85.1 Å². The van der Waals surface area contributed by atoms with Crippen molar-refractivity contribution < 1.29 is 38.2 Å². The number of carbonyl (C=O) groups is 3. The van der Waals surface area contributed by atoms with Crippen LogP contribution < -0.4 is 5.11 Å². The molecule has 0 saturated heterocycles. The van der Waals surface area contributed by atoms with Gasteiger partial charge in [0.05, 0.1) is 40.3 Å². The van der Waals surface area contributed by atoms with Crippen molar-refractivity contribution in [2.45, 2.75) is 212 Å². The minimum Gasteiger partial charge on any atom is -0.544 e. The molecule has 8 nitrogen and oxygen atoms in total.